The maximum Gasteiger partial charge on any atom is 0.238 e. The number of nitrogens with one attached hydrogen (secondary N) is 1. The number of carbonyl (C=O) groups is 1. The molecule has 2 atom stereocenters. The SMILES string of the molecule is Cc1cc(S(N)(=O)=O)cc(NC(=O)[C@@H]2CCC[C@@H]2CN)c1C.Cl. The summed E-state index contributed by atoms with van der Waals surface area (Å²) in [6.07, 6.45) is 2.78. The minimum Gasteiger partial charge on any atom is -0.330 e. The monoisotopic (exact) mass is 361 g/mol. The number of anilines is 1. The van der Waals surface area contributed by atoms with E-state index in [2.05, 4.69) is 5.32 Å². The van der Waals surface area contributed by atoms with Gasteiger partial charge in [-0.15, -0.1) is 12.4 Å². The number of carbonyl (C=O) groups excluding carboxylic acids is 1. The van der Waals surface area contributed by atoms with Crippen molar-refractivity contribution in [3.8, 4) is 0 Å². The maximum atomic E-state index is 12.5. The molecule has 1 aromatic carbocycles. The highest BCUT2D eigenvalue weighted by Crippen LogP contribution is 2.32. The normalized spacial score (nSPS) is 20.9. The second kappa shape index (κ2) is 7.61. The van der Waals surface area contributed by atoms with Gasteiger partial charge < -0.3 is 11.1 Å². The second-order valence-corrected chi connectivity index (χ2v) is 7.54. The standard InChI is InChI=1S/C15H23N3O3S.ClH/c1-9-6-12(22(17,20)21)7-14(10(9)2)18-15(19)13-5-3-4-11(13)8-16;/h6-7,11,13H,3-5,8,16H2,1-2H3,(H,18,19)(H2,17,20,21);1H/t11-,13-;/m1./s1. The second-order valence-electron chi connectivity index (χ2n) is 5.98. The van der Waals surface area contributed by atoms with Crippen molar-refractivity contribution in [2.75, 3.05) is 11.9 Å². The molecule has 1 aliphatic rings. The summed E-state index contributed by atoms with van der Waals surface area (Å²) in [6, 6.07) is 2.93. The predicted octanol–water partition coefficient (Wildman–Crippen LogP) is 1.69. The van der Waals surface area contributed by atoms with E-state index in [1.807, 2.05) is 6.92 Å². The minimum atomic E-state index is -3.81. The van der Waals surface area contributed by atoms with Crippen molar-refractivity contribution in [1.29, 1.82) is 0 Å². The molecule has 0 aromatic heterocycles. The van der Waals surface area contributed by atoms with Crippen molar-refractivity contribution in [2.24, 2.45) is 22.7 Å². The largest absolute Gasteiger partial charge is 0.330 e. The highest BCUT2D eigenvalue weighted by molar-refractivity contribution is 7.89. The van der Waals surface area contributed by atoms with Gasteiger partial charge in [-0.3, -0.25) is 4.79 Å². The molecule has 1 fully saturated rings. The Hall–Kier alpha value is -1.15. The highest BCUT2D eigenvalue weighted by atomic mass is 35.5. The lowest BCUT2D eigenvalue weighted by Crippen LogP contribution is -2.30. The van der Waals surface area contributed by atoms with Crippen molar-refractivity contribution in [3.05, 3.63) is 23.3 Å². The molecule has 8 heteroatoms. The summed E-state index contributed by atoms with van der Waals surface area (Å²) in [5.41, 5.74) is 7.82. The molecule has 0 saturated heterocycles. The summed E-state index contributed by atoms with van der Waals surface area (Å²) in [5.74, 6) is -0.00677. The molecule has 1 amide bonds. The van der Waals surface area contributed by atoms with Gasteiger partial charge in [0, 0.05) is 11.6 Å². The van der Waals surface area contributed by atoms with Crippen molar-refractivity contribution in [3.63, 3.8) is 0 Å². The highest BCUT2D eigenvalue weighted by Gasteiger charge is 2.32. The Balaban J connectivity index is 0.00000264. The smallest absolute Gasteiger partial charge is 0.238 e. The van der Waals surface area contributed by atoms with Gasteiger partial charge in [-0.2, -0.15) is 0 Å². The number of sulfonamides is 1. The lowest BCUT2D eigenvalue weighted by molar-refractivity contribution is -0.120. The number of amides is 1. The number of rotatable bonds is 4. The average molecular weight is 362 g/mol. The third-order valence-electron chi connectivity index (χ3n) is 4.53. The topological polar surface area (TPSA) is 115 Å². The van der Waals surface area contributed by atoms with Gasteiger partial charge in [0.05, 0.1) is 4.90 Å². The van der Waals surface area contributed by atoms with Gasteiger partial charge in [-0.25, -0.2) is 13.6 Å². The van der Waals surface area contributed by atoms with Crippen LogP contribution in [0.15, 0.2) is 17.0 Å². The number of halogens is 1. The molecule has 130 valence electrons. The first-order chi connectivity index (χ1) is 10.2. The van der Waals surface area contributed by atoms with Gasteiger partial charge >= 0.3 is 0 Å². The fourth-order valence-electron chi connectivity index (χ4n) is 3.01. The first kappa shape index (κ1) is 19.9. The third-order valence-corrected chi connectivity index (χ3v) is 5.42. The Morgan fingerprint density at radius 2 is 1.96 bits per heavy atom. The molecule has 0 aliphatic heterocycles. The van der Waals surface area contributed by atoms with Crippen LogP contribution in [0, 0.1) is 25.7 Å². The van der Waals surface area contributed by atoms with Crippen LogP contribution in [-0.4, -0.2) is 20.9 Å². The van der Waals surface area contributed by atoms with Crippen LogP contribution < -0.4 is 16.2 Å². The van der Waals surface area contributed by atoms with Gasteiger partial charge in [-0.05, 0) is 62.4 Å². The maximum absolute atomic E-state index is 12.5. The molecule has 5 N–H and O–H groups in total. The fraction of sp³-hybridized carbons (Fsp3) is 0.533. The lowest BCUT2D eigenvalue weighted by atomic mass is 9.95. The molecule has 1 aromatic rings. The Bertz CT molecular complexity index is 691. The first-order valence-corrected chi connectivity index (χ1v) is 8.93. The molecule has 0 spiro atoms. The van der Waals surface area contributed by atoms with Crippen LogP contribution in [0.25, 0.3) is 0 Å². The molecule has 2 rings (SSSR count). The van der Waals surface area contributed by atoms with Crippen molar-refractivity contribution in [2.45, 2.75) is 38.0 Å². The van der Waals surface area contributed by atoms with Gasteiger partial charge in [-0.1, -0.05) is 6.42 Å². The first-order valence-electron chi connectivity index (χ1n) is 7.39. The van der Waals surface area contributed by atoms with Gasteiger partial charge in [0.1, 0.15) is 0 Å². The van der Waals surface area contributed by atoms with Gasteiger partial charge in [0.15, 0.2) is 0 Å². The van der Waals surface area contributed by atoms with Crippen molar-refractivity contribution >= 4 is 34.0 Å². The molecule has 0 bridgehead atoms. The van der Waals surface area contributed by atoms with Crippen LogP contribution in [0.1, 0.15) is 30.4 Å². The molecule has 1 aliphatic carbocycles. The minimum absolute atomic E-state index is 0. The summed E-state index contributed by atoms with van der Waals surface area (Å²) in [4.78, 5) is 12.5. The zero-order valence-corrected chi connectivity index (χ0v) is 15.0. The summed E-state index contributed by atoms with van der Waals surface area (Å²) in [5, 5.41) is 8.04. The van der Waals surface area contributed by atoms with Gasteiger partial charge in [0.25, 0.3) is 0 Å². The Morgan fingerprint density at radius 1 is 1.30 bits per heavy atom. The van der Waals surface area contributed by atoms with Crippen molar-refractivity contribution in [1.82, 2.24) is 0 Å². The molecule has 0 radical (unpaired) electrons. The van der Waals surface area contributed by atoms with E-state index in [4.69, 9.17) is 10.9 Å². The zero-order chi connectivity index (χ0) is 16.5. The molecule has 0 heterocycles. The summed E-state index contributed by atoms with van der Waals surface area (Å²) < 4.78 is 23.1. The molecular weight excluding hydrogens is 338 g/mol. The van der Waals surface area contributed by atoms with Crippen LogP contribution in [0.3, 0.4) is 0 Å². The number of aryl methyl sites for hydroxylation is 1. The Kier molecular flexibility index (Phi) is 6.59. The van der Waals surface area contributed by atoms with E-state index < -0.39 is 10.0 Å². The summed E-state index contributed by atoms with van der Waals surface area (Å²) >= 11 is 0. The molecular formula is C15H24ClN3O3S. The Labute approximate surface area is 143 Å². The lowest BCUT2D eigenvalue weighted by Gasteiger charge is -2.19. The summed E-state index contributed by atoms with van der Waals surface area (Å²) in [7, 11) is -3.81. The van der Waals surface area contributed by atoms with Crippen LogP contribution in [-0.2, 0) is 14.8 Å². The quantitative estimate of drug-likeness (QED) is 0.756. The molecule has 0 unspecified atom stereocenters. The van der Waals surface area contributed by atoms with Crippen LogP contribution in [0.5, 0.6) is 0 Å². The van der Waals surface area contributed by atoms with E-state index in [9.17, 15) is 13.2 Å². The number of primary sulfonamides is 1. The van der Waals surface area contributed by atoms with E-state index in [1.165, 1.54) is 12.1 Å². The molecule has 6 nitrogen and oxygen atoms in total. The van der Waals surface area contributed by atoms with E-state index in [0.717, 1.165) is 30.4 Å². The molecule has 1 saturated carbocycles. The number of nitrogens with two attached hydrogens (primary N) is 2. The van der Waals surface area contributed by atoms with E-state index in [-0.39, 0.29) is 35.0 Å². The fourth-order valence-corrected chi connectivity index (χ4v) is 3.63. The Morgan fingerprint density at radius 3 is 2.52 bits per heavy atom. The van der Waals surface area contributed by atoms with E-state index in [1.54, 1.807) is 6.92 Å². The number of hydrogen-bond donors (Lipinski definition) is 3. The molecule has 23 heavy (non-hydrogen) atoms. The van der Waals surface area contributed by atoms with Crippen LogP contribution in [0.2, 0.25) is 0 Å². The van der Waals surface area contributed by atoms with Crippen LogP contribution >= 0.6 is 12.4 Å². The zero-order valence-electron chi connectivity index (χ0n) is 13.3. The van der Waals surface area contributed by atoms with Gasteiger partial charge in [0.2, 0.25) is 15.9 Å². The van der Waals surface area contributed by atoms with E-state index in [0.29, 0.717) is 12.2 Å². The number of benzene rings is 1. The average Bonchev–Trinajstić information content (AvgIpc) is 2.90. The van der Waals surface area contributed by atoms with Crippen molar-refractivity contribution < 1.29 is 13.2 Å². The number of hydrogen-bond acceptors (Lipinski definition) is 4. The third kappa shape index (κ3) is 4.44. The predicted molar refractivity (Wildman–Crippen MR) is 93.1 cm³/mol. The summed E-state index contributed by atoms with van der Waals surface area (Å²) in [6.45, 7) is 4.12. The van der Waals surface area contributed by atoms with E-state index >= 15 is 0 Å². The van der Waals surface area contributed by atoms with Crippen LogP contribution in [0.4, 0.5) is 5.69 Å².